The average molecular weight is 638 g/mol. The van der Waals surface area contributed by atoms with Crippen LogP contribution in [0.15, 0.2) is 49.6 Å². The first-order chi connectivity index (χ1) is 21.5. The predicted molar refractivity (Wildman–Crippen MR) is 180 cm³/mol. The number of carbonyl (C=O) groups is 3. The van der Waals surface area contributed by atoms with Crippen LogP contribution < -0.4 is 9.64 Å². The number of nitrogens with zero attached hydrogens (tertiary/aromatic N) is 3. The van der Waals surface area contributed by atoms with Gasteiger partial charge in [-0.05, 0) is 82.6 Å². The topological polar surface area (TPSA) is 99.6 Å². The molecule has 3 aliphatic rings. The van der Waals surface area contributed by atoms with Crippen molar-refractivity contribution >= 4 is 23.4 Å². The van der Waals surface area contributed by atoms with Crippen LogP contribution in [0.3, 0.4) is 0 Å². The molecule has 0 radical (unpaired) electrons. The summed E-state index contributed by atoms with van der Waals surface area (Å²) in [4.78, 5) is 49.4. The van der Waals surface area contributed by atoms with Crippen molar-refractivity contribution in [1.82, 2.24) is 9.80 Å². The Kier molecular flexibility index (Phi) is 10.2. The lowest BCUT2D eigenvalue weighted by Gasteiger charge is -2.45. The molecule has 0 aliphatic carbocycles. The van der Waals surface area contributed by atoms with Crippen LogP contribution in [0, 0.1) is 23.2 Å². The SMILES string of the molecule is C=CCN(C(=O)[C@@H]1[C@H]2C(=O)N(CCCO)C(C(=O)N(CC=C)C(C)(C)CC(C)(C)C)C23CC(C)[C@@]1(C)O3)c1ccc(OCC)cc1. The third-order valence-electron chi connectivity index (χ3n) is 10.2. The van der Waals surface area contributed by atoms with Gasteiger partial charge in [-0.3, -0.25) is 14.4 Å². The van der Waals surface area contributed by atoms with Crippen LogP contribution in [0.4, 0.5) is 5.69 Å². The molecule has 1 N–H and O–H groups in total. The molecule has 0 aromatic heterocycles. The molecule has 3 heterocycles. The van der Waals surface area contributed by atoms with Gasteiger partial charge in [-0.2, -0.15) is 0 Å². The summed E-state index contributed by atoms with van der Waals surface area (Å²) < 4.78 is 12.6. The molecule has 9 heteroatoms. The lowest BCUT2D eigenvalue weighted by molar-refractivity contribution is -0.156. The second-order valence-electron chi connectivity index (χ2n) is 15.3. The van der Waals surface area contributed by atoms with Crippen molar-refractivity contribution in [2.75, 3.05) is 37.7 Å². The van der Waals surface area contributed by atoms with Crippen molar-refractivity contribution in [2.45, 2.75) is 97.4 Å². The van der Waals surface area contributed by atoms with Crippen molar-refractivity contribution in [3.8, 4) is 5.75 Å². The van der Waals surface area contributed by atoms with E-state index in [-0.39, 0.29) is 48.8 Å². The number of benzene rings is 1. The molecule has 1 aromatic rings. The van der Waals surface area contributed by atoms with Crippen molar-refractivity contribution in [3.05, 3.63) is 49.6 Å². The van der Waals surface area contributed by atoms with Crippen LogP contribution in [0.2, 0.25) is 0 Å². The lowest BCUT2D eigenvalue weighted by atomic mass is 9.62. The second kappa shape index (κ2) is 13.1. The first-order valence-electron chi connectivity index (χ1n) is 16.7. The average Bonchev–Trinajstić information content (AvgIpc) is 3.48. The highest BCUT2D eigenvalue weighted by molar-refractivity contribution is 6.03. The van der Waals surface area contributed by atoms with Gasteiger partial charge in [0.25, 0.3) is 0 Å². The molecule has 0 saturated carbocycles. The molecule has 9 nitrogen and oxygen atoms in total. The molecule has 3 aliphatic heterocycles. The number of hydrogen-bond acceptors (Lipinski definition) is 6. The molecule has 46 heavy (non-hydrogen) atoms. The molecular weight excluding hydrogens is 582 g/mol. The minimum absolute atomic E-state index is 0.0661. The van der Waals surface area contributed by atoms with E-state index in [1.54, 1.807) is 22.0 Å². The number of likely N-dealkylation sites (tertiary alicyclic amines) is 1. The molecule has 3 unspecified atom stereocenters. The van der Waals surface area contributed by atoms with Gasteiger partial charge in [0.2, 0.25) is 17.7 Å². The second-order valence-corrected chi connectivity index (χ2v) is 15.3. The first kappa shape index (κ1) is 35.7. The number of rotatable bonds is 14. The fourth-order valence-electron chi connectivity index (χ4n) is 8.69. The van der Waals surface area contributed by atoms with Gasteiger partial charge < -0.3 is 29.3 Å². The van der Waals surface area contributed by atoms with Gasteiger partial charge in [-0.25, -0.2) is 0 Å². The van der Waals surface area contributed by atoms with E-state index in [0.717, 1.165) is 6.42 Å². The molecule has 3 saturated heterocycles. The minimum Gasteiger partial charge on any atom is -0.494 e. The zero-order valence-corrected chi connectivity index (χ0v) is 29.2. The molecule has 1 aromatic carbocycles. The maximum Gasteiger partial charge on any atom is 0.249 e. The van der Waals surface area contributed by atoms with Gasteiger partial charge in [-0.15, -0.1) is 13.2 Å². The molecule has 3 fully saturated rings. The number of anilines is 1. The predicted octanol–water partition coefficient (Wildman–Crippen LogP) is 5.23. The van der Waals surface area contributed by atoms with Gasteiger partial charge in [0.05, 0.1) is 24.0 Å². The Balaban J connectivity index is 1.82. The Labute approximate surface area is 275 Å². The lowest BCUT2D eigenvalue weighted by Crippen LogP contribution is -2.61. The Morgan fingerprint density at radius 3 is 2.28 bits per heavy atom. The normalized spacial score (nSPS) is 28.6. The molecule has 1 spiro atoms. The zero-order valence-electron chi connectivity index (χ0n) is 29.2. The molecular formula is C37H55N3O6. The quantitative estimate of drug-likeness (QED) is 0.281. The summed E-state index contributed by atoms with van der Waals surface area (Å²) in [5.74, 6) is -1.77. The largest absolute Gasteiger partial charge is 0.494 e. The highest BCUT2D eigenvalue weighted by Crippen LogP contribution is 2.65. The Bertz CT molecular complexity index is 1320. The van der Waals surface area contributed by atoms with E-state index in [2.05, 4.69) is 47.8 Å². The van der Waals surface area contributed by atoms with Crippen LogP contribution in [0.5, 0.6) is 5.75 Å². The molecule has 3 amide bonds. The van der Waals surface area contributed by atoms with Crippen molar-refractivity contribution in [3.63, 3.8) is 0 Å². The van der Waals surface area contributed by atoms with Crippen LogP contribution in [-0.4, -0.2) is 88.3 Å². The summed E-state index contributed by atoms with van der Waals surface area (Å²) >= 11 is 0. The maximum absolute atomic E-state index is 15.0. The van der Waals surface area contributed by atoms with Crippen molar-refractivity contribution in [2.24, 2.45) is 23.2 Å². The van der Waals surface area contributed by atoms with Gasteiger partial charge >= 0.3 is 0 Å². The summed E-state index contributed by atoms with van der Waals surface area (Å²) in [7, 11) is 0. The number of carbonyl (C=O) groups excluding carboxylic acids is 3. The van der Waals surface area contributed by atoms with E-state index in [4.69, 9.17) is 9.47 Å². The first-order valence-corrected chi connectivity index (χ1v) is 16.7. The standard InChI is InChI=1S/C37H55N3O6/c1-11-19-38(26-15-17-27(18-16-26)45-13-3)31(42)28-29-32(43)39(21-14-22-41)30(37(29)23-25(4)36(28,10)46-37)33(44)40(20-12-2)35(8,9)24-34(5,6)7/h11-12,15-18,25,28-30,41H,1-2,13-14,19-24H2,3-10H3/t25?,28-,29-,30?,36+,37?/m0/s1. The summed E-state index contributed by atoms with van der Waals surface area (Å²) in [6.07, 6.45) is 4.90. The van der Waals surface area contributed by atoms with Gasteiger partial charge in [0.15, 0.2) is 0 Å². The zero-order chi connectivity index (χ0) is 34.2. The number of aliphatic hydroxyl groups excluding tert-OH is 1. The van der Waals surface area contributed by atoms with Gasteiger partial charge in [-0.1, -0.05) is 39.8 Å². The summed E-state index contributed by atoms with van der Waals surface area (Å²) in [5.41, 5.74) is -2.11. The minimum atomic E-state index is -1.19. The molecule has 2 bridgehead atoms. The smallest absolute Gasteiger partial charge is 0.249 e. The van der Waals surface area contributed by atoms with Crippen LogP contribution >= 0.6 is 0 Å². The summed E-state index contributed by atoms with van der Waals surface area (Å²) in [5, 5.41) is 9.80. The fourth-order valence-corrected chi connectivity index (χ4v) is 8.69. The van der Waals surface area contributed by atoms with Crippen LogP contribution in [0.1, 0.15) is 74.7 Å². The summed E-state index contributed by atoms with van der Waals surface area (Å²) in [6.45, 7) is 25.4. The Morgan fingerprint density at radius 1 is 1.11 bits per heavy atom. The van der Waals surface area contributed by atoms with E-state index >= 15 is 0 Å². The van der Waals surface area contributed by atoms with Crippen LogP contribution in [-0.2, 0) is 19.1 Å². The molecule has 6 atom stereocenters. The number of fused-ring (bicyclic) bond motifs is 1. The van der Waals surface area contributed by atoms with E-state index in [9.17, 15) is 19.5 Å². The number of hydrogen-bond donors (Lipinski definition) is 1. The fraction of sp³-hybridized carbons (Fsp3) is 0.649. The van der Waals surface area contributed by atoms with E-state index in [1.807, 2.05) is 49.9 Å². The van der Waals surface area contributed by atoms with E-state index in [1.165, 1.54) is 0 Å². The molecule has 4 rings (SSSR count). The number of amides is 3. The van der Waals surface area contributed by atoms with Gasteiger partial charge in [0.1, 0.15) is 17.4 Å². The van der Waals surface area contributed by atoms with Crippen molar-refractivity contribution in [1.29, 1.82) is 0 Å². The highest BCUT2D eigenvalue weighted by Gasteiger charge is 2.80. The number of ether oxygens (including phenoxy) is 2. The molecule has 254 valence electrons. The number of aliphatic hydroxyl groups is 1. The Morgan fingerprint density at radius 2 is 1.74 bits per heavy atom. The third kappa shape index (κ3) is 6.13. The maximum atomic E-state index is 15.0. The summed E-state index contributed by atoms with van der Waals surface area (Å²) in [6, 6.07) is 6.39. The van der Waals surface area contributed by atoms with Gasteiger partial charge in [0, 0.05) is 37.5 Å². The third-order valence-corrected chi connectivity index (χ3v) is 10.2. The van der Waals surface area contributed by atoms with Crippen molar-refractivity contribution < 1.29 is 29.0 Å². The van der Waals surface area contributed by atoms with E-state index < -0.39 is 34.6 Å². The van der Waals surface area contributed by atoms with Crippen LogP contribution in [0.25, 0.3) is 0 Å². The Hall–Kier alpha value is -3.17. The monoisotopic (exact) mass is 637 g/mol. The van der Waals surface area contributed by atoms with E-state index in [0.29, 0.717) is 37.4 Å². The highest BCUT2D eigenvalue weighted by atomic mass is 16.5.